The Hall–Kier alpha value is -4.90. The zero-order valence-electron chi connectivity index (χ0n) is 18.9. The number of hydrogen-bond acceptors (Lipinski definition) is 9. The summed E-state index contributed by atoms with van der Waals surface area (Å²) in [5.74, 6) is -1.94. The van der Waals surface area contributed by atoms with E-state index >= 15 is 0 Å². The van der Waals surface area contributed by atoms with Gasteiger partial charge in [0, 0.05) is 5.56 Å². The third kappa shape index (κ3) is 6.15. The molecule has 0 spiro atoms. The zero-order valence-corrected chi connectivity index (χ0v) is 19.7. The summed E-state index contributed by atoms with van der Waals surface area (Å²) in [4.78, 5) is 36.5. The van der Waals surface area contributed by atoms with E-state index in [1.54, 1.807) is 42.5 Å². The summed E-state index contributed by atoms with van der Waals surface area (Å²) in [7, 11) is 1.43. The molecule has 0 atom stereocenters. The number of benzene rings is 3. The minimum absolute atomic E-state index is 0.184. The number of carbonyl (C=O) groups is 3. The molecule has 3 aromatic carbocycles. The number of nitrogens with one attached hydrogen (secondary N) is 2. The fourth-order valence-electron chi connectivity index (χ4n) is 2.92. The maximum Gasteiger partial charge on any atom is 0.343 e. The monoisotopic (exact) mass is 501 g/mol. The van der Waals surface area contributed by atoms with Gasteiger partial charge in [-0.15, -0.1) is 10.2 Å². The van der Waals surface area contributed by atoms with Crippen molar-refractivity contribution in [2.45, 2.75) is 0 Å². The Kier molecular flexibility index (Phi) is 7.73. The van der Waals surface area contributed by atoms with Gasteiger partial charge < -0.3 is 9.47 Å². The number of hydrogen-bond donors (Lipinski definition) is 2. The molecule has 0 aliphatic rings. The SMILES string of the molecule is COc1cc(/C=N\NC(=O)C(=O)Nc2nnc(-c3ccccc3)s2)ccc1OC(=O)c1ccccc1. The third-order valence-corrected chi connectivity index (χ3v) is 5.54. The van der Waals surface area contributed by atoms with E-state index in [1.807, 2.05) is 30.3 Å². The van der Waals surface area contributed by atoms with Gasteiger partial charge in [-0.1, -0.05) is 59.9 Å². The summed E-state index contributed by atoms with van der Waals surface area (Å²) in [5.41, 5.74) is 3.92. The topological polar surface area (TPSA) is 132 Å². The maximum atomic E-state index is 12.3. The lowest BCUT2D eigenvalue weighted by atomic mass is 10.2. The number of nitrogens with zero attached hydrogens (tertiary/aromatic N) is 3. The number of rotatable bonds is 7. The van der Waals surface area contributed by atoms with Crippen LogP contribution in [0.15, 0.2) is 84.0 Å². The van der Waals surface area contributed by atoms with Crippen LogP contribution < -0.4 is 20.2 Å². The van der Waals surface area contributed by atoms with Crippen molar-refractivity contribution in [2.24, 2.45) is 5.10 Å². The number of anilines is 1. The van der Waals surface area contributed by atoms with E-state index in [0.29, 0.717) is 16.1 Å². The molecule has 0 radical (unpaired) electrons. The summed E-state index contributed by atoms with van der Waals surface area (Å²) in [6, 6.07) is 22.6. The number of hydrazone groups is 1. The average Bonchev–Trinajstić information content (AvgIpc) is 3.38. The second-order valence-corrected chi connectivity index (χ2v) is 8.08. The van der Waals surface area contributed by atoms with E-state index < -0.39 is 17.8 Å². The highest BCUT2D eigenvalue weighted by Crippen LogP contribution is 2.28. The third-order valence-electron chi connectivity index (χ3n) is 4.65. The van der Waals surface area contributed by atoms with Gasteiger partial charge in [0.25, 0.3) is 0 Å². The lowest BCUT2D eigenvalue weighted by Gasteiger charge is -2.10. The molecule has 0 saturated carbocycles. The average molecular weight is 502 g/mol. The van der Waals surface area contributed by atoms with E-state index in [4.69, 9.17) is 9.47 Å². The van der Waals surface area contributed by atoms with Gasteiger partial charge in [0.1, 0.15) is 5.01 Å². The maximum absolute atomic E-state index is 12.3. The molecule has 11 heteroatoms. The van der Waals surface area contributed by atoms with Crippen LogP contribution >= 0.6 is 11.3 Å². The van der Waals surface area contributed by atoms with Crippen LogP contribution in [-0.2, 0) is 9.59 Å². The lowest BCUT2D eigenvalue weighted by Crippen LogP contribution is -2.32. The molecule has 1 heterocycles. The molecule has 10 nitrogen and oxygen atoms in total. The predicted molar refractivity (Wildman–Crippen MR) is 134 cm³/mol. The molecule has 2 amide bonds. The van der Waals surface area contributed by atoms with Crippen LogP contribution in [0, 0.1) is 0 Å². The highest BCUT2D eigenvalue weighted by molar-refractivity contribution is 7.18. The molecule has 0 unspecified atom stereocenters. The second-order valence-electron chi connectivity index (χ2n) is 7.10. The summed E-state index contributed by atoms with van der Waals surface area (Å²) in [6.45, 7) is 0. The lowest BCUT2D eigenvalue weighted by molar-refractivity contribution is -0.136. The molecule has 36 heavy (non-hydrogen) atoms. The molecule has 1 aromatic heterocycles. The Morgan fingerprint density at radius 1 is 0.889 bits per heavy atom. The van der Waals surface area contributed by atoms with Gasteiger partial charge in [-0.25, -0.2) is 10.2 Å². The molecule has 180 valence electrons. The smallest absolute Gasteiger partial charge is 0.343 e. The van der Waals surface area contributed by atoms with Crippen LogP contribution in [0.3, 0.4) is 0 Å². The van der Waals surface area contributed by atoms with Crippen LogP contribution in [0.5, 0.6) is 11.5 Å². The Morgan fingerprint density at radius 2 is 1.61 bits per heavy atom. The minimum atomic E-state index is -0.983. The van der Waals surface area contributed by atoms with Crippen LogP contribution in [-0.4, -0.2) is 41.3 Å². The predicted octanol–water partition coefficient (Wildman–Crippen LogP) is 3.52. The molecule has 0 saturated heterocycles. The number of amides is 2. The molecular formula is C25H19N5O5S. The number of carbonyl (C=O) groups excluding carboxylic acids is 3. The highest BCUT2D eigenvalue weighted by atomic mass is 32.1. The van der Waals surface area contributed by atoms with E-state index in [9.17, 15) is 14.4 Å². The quantitative estimate of drug-likeness (QED) is 0.130. The number of methoxy groups -OCH3 is 1. The van der Waals surface area contributed by atoms with Crippen molar-refractivity contribution in [1.82, 2.24) is 15.6 Å². The van der Waals surface area contributed by atoms with Crippen LogP contribution in [0.2, 0.25) is 0 Å². The van der Waals surface area contributed by atoms with Gasteiger partial charge in [-0.2, -0.15) is 5.10 Å². The highest BCUT2D eigenvalue weighted by Gasteiger charge is 2.16. The first kappa shape index (κ1) is 24.2. The van der Waals surface area contributed by atoms with E-state index in [0.717, 1.165) is 16.9 Å². The van der Waals surface area contributed by atoms with Gasteiger partial charge in [-0.3, -0.25) is 14.9 Å². The first-order valence-electron chi connectivity index (χ1n) is 10.5. The summed E-state index contributed by atoms with van der Waals surface area (Å²) in [5, 5.41) is 14.9. The Balaban J connectivity index is 1.33. The van der Waals surface area contributed by atoms with Crippen LogP contribution in [0.1, 0.15) is 15.9 Å². The van der Waals surface area contributed by atoms with Gasteiger partial charge in [-0.05, 0) is 35.9 Å². The number of esters is 1. The second kappa shape index (κ2) is 11.5. The van der Waals surface area contributed by atoms with Gasteiger partial charge >= 0.3 is 17.8 Å². The Morgan fingerprint density at radius 3 is 2.33 bits per heavy atom. The Bertz CT molecular complexity index is 1410. The minimum Gasteiger partial charge on any atom is -0.493 e. The first-order chi connectivity index (χ1) is 17.5. The normalized spacial score (nSPS) is 10.6. The van der Waals surface area contributed by atoms with Crippen LogP contribution in [0.4, 0.5) is 5.13 Å². The molecule has 0 aliphatic heterocycles. The zero-order chi connectivity index (χ0) is 25.3. The molecular weight excluding hydrogens is 482 g/mol. The van der Waals surface area contributed by atoms with Crippen molar-refractivity contribution in [3.05, 3.63) is 90.0 Å². The van der Waals surface area contributed by atoms with E-state index in [2.05, 4.69) is 26.0 Å². The van der Waals surface area contributed by atoms with Crippen molar-refractivity contribution in [3.63, 3.8) is 0 Å². The molecule has 4 aromatic rings. The fraction of sp³-hybridized carbons (Fsp3) is 0.0400. The molecule has 2 N–H and O–H groups in total. The summed E-state index contributed by atoms with van der Waals surface area (Å²) >= 11 is 1.14. The van der Waals surface area contributed by atoms with Gasteiger partial charge in [0.2, 0.25) is 5.13 Å². The number of ether oxygens (including phenoxy) is 2. The number of aromatic nitrogens is 2. The van der Waals surface area contributed by atoms with Gasteiger partial charge in [0.05, 0.1) is 18.9 Å². The Labute approximate surface area is 209 Å². The fourth-order valence-corrected chi connectivity index (χ4v) is 3.67. The van der Waals surface area contributed by atoms with Crippen LogP contribution in [0.25, 0.3) is 10.6 Å². The van der Waals surface area contributed by atoms with Crippen molar-refractivity contribution < 1.29 is 23.9 Å². The van der Waals surface area contributed by atoms with Crippen molar-refractivity contribution in [3.8, 4) is 22.1 Å². The van der Waals surface area contributed by atoms with E-state index in [1.165, 1.54) is 19.4 Å². The first-order valence-corrected chi connectivity index (χ1v) is 11.3. The molecule has 4 rings (SSSR count). The van der Waals surface area contributed by atoms with Crippen molar-refractivity contribution >= 4 is 40.5 Å². The summed E-state index contributed by atoms with van der Waals surface area (Å²) < 4.78 is 10.7. The molecule has 0 fully saturated rings. The van der Waals surface area contributed by atoms with Crippen molar-refractivity contribution in [1.29, 1.82) is 0 Å². The molecule has 0 bridgehead atoms. The van der Waals surface area contributed by atoms with E-state index in [-0.39, 0.29) is 16.6 Å². The van der Waals surface area contributed by atoms with Crippen molar-refractivity contribution in [2.75, 3.05) is 12.4 Å². The standard InChI is InChI=1S/C25H19N5O5S/c1-34-20-14-16(12-13-19(20)35-24(33)18-10-6-3-7-11-18)15-26-28-22(32)21(31)27-25-30-29-23(36-25)17-8-4-2-5-9-17/h2-15H,1H3,(H,28,32)(H,27,30,31)/b26-15-. The summed E-state index contributed by atoms with van der Waals surface area (Å²) in [6.07, 6.45) is 1.31. The largest absolute Gasteiger partial charge is 0.493 e. The van der Waals surface area contributed by atoms with Gasteiger partial charge in [0.15, 0.2) is 11.5 Å². The molecule has 0 aliphatic carbocycles.